The van der Waals surface area contributed by atoms with Crippen LogP contribution in [0.2, 0.25) is 0 Å². The molecule has 0 spiro atoms. The lowest BCUT2D eigenvalue weighted by Gasteiger charge is -2.18. The molecule has 14 rings (SSSR count). The second-order valence-corrected chi connectivity index (χ2v) is 18.4. The predicted molar refractivity (Wildman–Crippen MR) is 295 cm³/mol. The van der Waals surface area contributed by atoms with Gasteiger partial charge in [-0.25, -0.2) is 4.98 Å². The number of rotatable bonds is 6. The zero-order valence-electron chi connectivity index (χ0n) is 38.8. The molecule has 3 aromatic heterocycles. The van der Waals surface area contributed by atoms with Gasteiger partial charge in [-0.2, -0.15) is 9.97 Å². The van der Waals surface area contributed by atoms with Crippen molar-refractivity contribution in [1.82, 2.24) is 19.5 Å². The van der Waals surface area contributed by atoms with Crippen molar-refractivity contribution in [3.8, 4) is 51.0 Å². The minimum atomic E-state index is 0.569. The lowest BCUT2D eigenvalue weighted by Crippen LogP contribution is -2.25. The van der Waals surface area contributed by atoms with Crippen molar-refractivity contribution in [2.24, 2.45) is 0 Å². The van der Waals surface area contributed by atoms with Crippen molar-refractivity contribution >= 4 is 88.5 Å². The van der Waals surface area contributed by atoms with E-state index in [1.807, 2.05) is 60.7 Å². The van der Waals surface area contributed by atoms with Gasteiger partial charge >= 0.3 is 0 Å². The third kappa shape index (κ3) is 6.44. The minimum Gasteiger partial charge on any atom is -0.461 e. The Labute approximate surface area is 408 Å². The molecule has 0 atom stereocenters. The molecule has 3 heterocycles. The molecule has 14 aromatic rings. The second-order valence-electron chi connectivity index (χ2n) is 18.4. The van der Waals surface area contributed by atoms with E-state index in [-0.39, 0.29) is 0 Å². The molecule has 0 unspecified atom stereocenters. The number of hydrogen-bond acceptors (Lipinski definition) is 4. The van der Waals surface area contributed by atoms with Crippen LogP contribution in [0, 0.1) is 6.92 Å². The van der Waals surface area contributed by atoms with Crippen LogP contribution in [0.5, 0.6) is 0 Å². The SMILES string of the molecule is C=c1/c(=C\c2c(C)oc3cc(-c4c5ccccc5c(-c5ccc6c(c5)c5ccccc5n6-c5nc(-c6ccccc6)nc(-c6ccccc6)n5)c5ccccc45)ccc23)c2ccccc2c2ccccc12. The van der Waals surface area contributed by atoms with Crippen LogP contribution in [0.25, 0.3) is 139 Å². The Morgan fingerprint density at radius 1 is 0.394 bits per heavy atom. The van der Waals surface area contributed by atoms with Crippen LogP contribution >= 0.6 is 0 Å². The van der Waals surface area contributed by atoms with E-state index < -0.39 is 0 Å². The van der Waals surface area contributed by atoms with Gasteiger partial charge in [0.15, 0.2) is 11.6 Å². The Kier molecular flexibility index (Phi) is 9.20. The molecule has 0 N–H and O–H groups in total. The maximum atomic E-state index is 6.69. The van der Waals surface area contributed by atoms with Crippen LogP contribution in [-0.4, -0.2) is 19.5 Å². The molecule has 71 heavy (non-hydrogen) atoms. The van der Waals surface area contributed by atoms with Gasteiger partial charge in [0.1, 0.15) is 11.3 Å². The van der Waals surface area contributed by atoms with Crippen molar-refractivity contribution in [2.45, 2.75) is 6.92 Å². The van der Waals surface area contributed by atoms with Crippen molar-refractivity contribution in [1.29, 1.82) is 0 Å². The normalized spacial score (nSPS) is 12.2. The summed E-state index contributed by atoms with van der Waals surface area (Å²) in [4.78, 5) is 15.3. The summed E-state index contributed by atoms with van der Waals surface area (Å²) in [6.07, 6.45) is 2.28. The van der Waals surface area contributed by atoms with Crippen LogP contribution in [0.15, 0.2) is 223 Å². The highest BCUT2D eigenvalue weighted by Crippen LogP contribution is 2.46. The fraction of sp³-hybridized carbons (Fsp3) is 0.0152. The van der Waals surface area contributed by atoms with Gasteiger partial charge in [-0.3, -0.25) is 4.57 Å². The van der Waals surface area contributed by atoms with Crippen LogP contribution in [-0.2, 0) is 0 Å². The van der Waals surface area contributed by atoms with Gasteiger partial charge in [-0.15, -0.1) is 0 Å². The number of para-hydroxylation sites is 1. The Bertz CT molecular complexity index is 4490. The number of aryl methyl sites for hydroxylation is 1. The molecule has 0 radical (unpaired) electrons. The van der Waals surface area contributed by atoms with Gasteiger partial charge in [0.25, 0.3) is 0 Å². The molecule has 0 saturated carbocycles. The molecule has 0 aliphatic heterocycles. The van der Waals surface area contributed by atoms with Gasteiger partial charge in [-0.1, -0.05) is 195 Å². The lowest BCUT2D eigenvalue weighted by atomic mass is 9.85. The summed E-state index contributed by atoms with van der Waals surface area (Å²) in [5.41, 5.74) is 10.4. The summed E-state index contributed by atoms with van der Waals surface area (Å²) in [6, 6.07) is 77.3. The van der Waals surface area contributed by atoms with Crippen LogP contribution in [0.3, 0.4) is 0 Å². The van der Waals surface area contributed by atoms with Crippen molar-refractivity contribution in [2.75, 3.05) is 0 Å². The molecule has 5 heteroatoms. The first-order valence-corrected chi connectivity index (χ1v) is 24.0. The van der Waals surface area contributed by atoms with E-state index in [4.69, 9.17) is 19.4 Å². The summed E-state index contributed by atoms with van der Waals surface area (Å²) in [5.74, 6) is 2.69. The average Bonchev–Trinajstić information content (AvgIpc) is 3.93. The number of hydrogen-bond donors (Lipinski definition) is 0. The molecule has 0 saturated heterocycles. The first kappa shape index (κ1) is 40.6. The average molecular weight is 907 g/mol. The maximum Gasteiger partial charge on any atom is 0.238 e. The van der Waals surface area contributed by atoms with E-state index in [2.05, 4.69) is 182 Å². The molecular formula is C66H42N4O. The van der Waals surface area contributed by atoms with Gasteiger partial charge in [0.05, 0.1) is 11.0 Å². The second kappa shape index (κ2) is 16.1. The van der Waals surface area contributed by atoms with Crippen LogP contribution in [0.1, 0.15) is 11.3 Å². The summed E-state index contributed by atoms with van der Waals surface area (Å²) < 4.78 is 8.88. The number of fused-ring (bicyclic) bond motifs is 9. The molecule has 0 amide bonds. The van der Waals surface area contributed by atoms with Crippen molar-refractivity contribution in [3.05, 3.63) is 240 Å². The summed E-state index contributed by atoms with van der Waals surface area (Å²) in [5, 5.41) is 14.9. The smallest absolute Gasteiger partial charge is 0.238 e. The third-order valence-corrected chi connectivity index (χ3v) is 14.4. The first-order valence-electron chi connectivity index (χ1n) is 24.0. The van der Waals surface area contributed by atoms with E-state index >= 15 is 0 Å². The highest BCUT2D eigenvalue weighted by Gasteiger charge is 2.22. The number of aromatic nitrogens is 4. The van der Waals surface area contributed by atoms with E-state index in [0.717, 1.165) is 82.2 Å². The van der Waals surface area contributed by atoms with E-state index in [1.54, 1.807) is 0 Å². The number of nitrogens with zero attached hydrogens (tertiary/aromatic N) is 4. The highest BCUT2D eigenvalue weighted by atomic mass is 16.3. The van der Waals surface area contributed by atoms with Crippen molar-refractivity contribution < 1.29 is 4.42 Å². The minimum absolute atomic E-state index is 0.569. The zero-order chi connectivity index (χ0) is 47.2. The zero-order valence-corrected chi connectivity index (χ0v) is 38.8. The monoisotopic (exact) mass is 906 g/mol. The largest absolute Gasteiger partial charge is 0.461 e. The molecule has 5 nitrogen and oxygen atoms in total. The van der Waals surface area contributed by atoms with Gasteiger partial charge in [0.2, 0.25) is 5.95 Å². The fourth-order valence-corrected chi connectivity index (χ4v) is 11.1. The Morgan fingerprint density at radius 2 is 0.859 bits per heavy atom. The maximum absolute atomic E-state index is 6.69. The molecule has 0 fully saturated rings. The van der Waals surface area contributed by atoms with Crippen molar-refractivity contribution in [3.63, 3.8) is 0 Å². The molecular weight excluding hydrogens is 865 g/mol. The first-order chi connectivity index (χ1) is 35.1. The predicted octanol–water partition coefficient (Wildman–Crippen LogP) is 15.5. The third-order valence-electron chi connectivity index (χ3n) is 14.4. The van der Waals surface area contributed by atoms with Crippen LogP contribution < -0.4 is 10.4 Å². The highest BCUT2D eigenvalue weighted by molar-refractivity contribution is 6.23. The van der Waals surface area contributed by atoms with Crippen LogP contribution in [0.4, 0.5) is 0 Å². The molecule has 0 bridgehead atoms. The Balaban J connectivity index is 0.943. The molecule has 0 aliphatic carbocycles. The lowest BCUT2D eigenvalue weighted by molar-refractivity contribution is 0.577. The fourth-order valence-electron chi connectivity index (χ4n) is 11.1. The van der Waals surface area contributed by atoms with Gasteiger partial charge in [-0.05, 0) is 119 Å². The summed E-state index contributed by atoms with van der Waals surface area (Å²) >= 11 is 0. The molecule has 332 valence electrons. The van der Waals surface area contributed by atoms with Gasteiger partial charge in [0, 0.05) is 32.8 Å². The van der Waals surface area contributed by atoms with E-state index in [0.29, 0.717) is 17.6 Å². The molecule has 0 aliphatic rings. The van der Waals surface area contributed by atoms with E-state index in [9.17, 15) is 0 Å². The van der Waals surface area contributed by atoms with Gasteiger partial charge < -0.3 is 4.42 Å². The van der Waals surface area contributed by atoms with E-state index in [1.165, 1.54) is 48.8 Å². The quantitative estimate of drug-likeness (QED) is 0.123. The summed E-state index contributed by atoms with van der Waals surface area (Å²) in [7, 11) is 0. The number of furan rings is 1. The Hall–Kier alpha value is -9.45. The topological polar surface area (TPSA) is 56.7 Å². The standard InChI is InChI=1S/C66H42N4O/c1-40-46-23-9-10-24-47(46)48-25-11-12-26-49(48)56(40)39-57-41(2)71-61-38-45(33-35-51(57)61)63-54-30-15-13-28-52(54)62(53-29-14-16-31-55(53)63)44-34-36-60-58(37-44)50-27-17-18-32-59(50)70(60)66-68-64(42-19-5-3-6-20-42)67-65(69-66)43-21-7-4-8-22-43/h3-39H,1H2,2H3/b56-39+. The Morgan fingerprint density at radius 3 is 1.46 bits per heavy atom. The number of benzene rings is 11. The summed E-state index contributed by atoms with van der Waals surface area (Å²) in [6.45, 7) is 6.69. The molecule has 11 aromatic carbocycles.